The molecule has 0 aromatic rings. The van der Waals surface area contributed by atoms with Gasteiger partial charge in [-0.15, -0.1) is 0 Å². The fourth-order valence-electron chi connectivity index (χ4n) is 5.07. The summed E-state index contributed by atoms with van der Waals surface area (Å²) < 4.78 is 5.87. The molecule has 1 aliphatic carbocycles. The van der Waals surface area contributed by atoms with Crippen LogP contribution in [0.5, 0.6) is 0 Å². The van der Waals surface area contributed by atoms with Gasteiger partial charge in [0, 0.05) is 17.2 Å². The molecule has 4 aliphatic rings. The van der Waals surface area contributed by atoms with E-state index in [1.807, 2.05) is 0 Å². The van der Waals surface area contributed by atoms with Crippen LogP contribution < -0.4 is 0 Å². The van der Waals surface area contributed by atoms with E-state index in [-0.39, 0.29) is 12.0 Å². The predicted octanol–water partition coefficient (Wildman–Crippen LogP) is 2.51. The Labute approximate surface area is 150 Å². The highest BCUT2D eigenvalue weighted by Gasteiger charge is 2.69. The molecule has 25 heavy (non-hydrogen) atoms. The van der Waals surface area contributed by atoms with E-state index in [1.165, 1.54) is 12.8 Å². The van der Waals surface area contributed by atoms with Crippen molar-refractivity contribution < 1.29 is 9.53 Å². The van der Waals surface area contributed by atoms with E-state index < -0.39 is 5.60 Å². The summed E-state index contributed by atoms with van der Waals surface area (Å²) in [6, 6.07) is 0.568. The average molecular weight is 340 g/mol. The first kappa shape index (κ1) is 16.9. The van der Waals surface area contributed by atoms with E-state index in [2.05, 4.69) is 41.6 Å². The number of nitrogens with zero attached hydrogens (tertiary/aromatic N) is 2. The van der Waals surface area contributed by atoms with Crippen LogP contribution >= 0.6 is 0 Å². The van der Waals surface area contributed by atoms with Crippen LogP contribution in [-0.4, -0.2) is 59.6 Å². The third-order valence-corrected chi connectivity index (χ3v) is 6.01. The largest absolute Gasteiger partial charge is 0.447 e. The van der Waals surface area contributed by atoms with Gasteiger partial charge in [-0.05, 0) is 51.4 Å². The van der Waals surface area contributed by atoms with Gasteiger partial charge in [-0.25, -0.2) is 4.79 Å². The number of rotatable bonds is 5. The maximum atomic E-state index is 12.0. The van der Waals surface area contributed by atoms with E-state index >= 15 is 0 Å². The zero-order valence-corrected chi connectivity index (χ0v) is 15.4. The van der Waals surface area contributed by atoms with Crippen molar-refractivity contribution in [2.45, 2.75) is 63.6 Å². The molecule has 0 saturated carbocycles. The Hall–Kier alpha value is -1.57. The van der Waals surface area contributed by atoms with Crippen LogP contribution in [0.4, 0.5) is 0 Å². The second-order valence-corrected chi connectivity index (χ2v) is 7.62. The highest BCUT2D eigenvalue weighted by atomic mass is 16.6. The minimum Gasteiger partial charge on any atom is -0.447 e. The lowest BCUT2D eigenvalue weighted by Gasteiger charge is -2.60. The fraction of sp³-hybridized carbons (Fsp3) is 0.667. The first-order valence-corrected chi connectivity index (χ1v) is 9.85. The lowest BCUT2D eigenvalue weighted by Crippen LogP contribution is -2.76. The number of hydrogen-bond donors (Lipinski definition) is 0. The number of hydrogen-bond acceptors (Lipinski definition) is 4. The van der Waals surface area contributed by atoms with Crippen molar-refractivity contribution in [3.63, 3.8) is 0 Å². The Balaban J connectivity index is 1.53. The molecule has 1 spiro atoms. The summed E-state index contributed by atoms with van der Waals surface area (Å²) in [5, 5.41) is 0. The molecule has 134 valence electrons. The minimum atomic E-state index is -0.409. The molecule has 4 nitrogen and oxygen atoms in total. The molecular formula is C21H28N2O2. The molecule has 0 aromatic carbocycles. The van der Waals surface area contributed by atoms with Gasteiger partial charge in [-0.2, -0.15) is 0 Å². The molecule has 0 radical (unpaired) electrons. The molecule has 4 heteroatoms. The van der Waals surface area contributed by atoms with Crippen LogP contribution in [0.1, 0.15) is 46.0 Å². The van der Waals surface area contributed by atoms with Crippen molar-refractivity contribution in [1.82, 2.24) is 9.80 Å². The first-order chi connectivity index (χ1) is 12.2. The van der Waals surface area contributed by atoms with Crippen LogP contribution in [-0.2, 0) is 9.53 Å². The van der Waals surface area contributed by atoms with E-state index in [9.17, 15) is 4.79 Å². The standard InChI is InChI=1S/C21H28N2O2/c1-3-10-22(11-4-2)12-7-8-16-14-19-21(17(16)15-20(24)25-21)18-9-5-6-13-23(18)19/h14-15,18-19H,3-6,9-13H2,1-2H3/t18-,19-,21?/m1/s1. The normalized spacial score (nSPS) is 32.7. The molecule has 0 aromatic heterocycles. The van der Waals surface area contributed by atoms with Crippen LogP contribution in [0.3, 0.4) is 0 Å². The highest BCUT2D eigenvalue weighted by Crippen LogP contribution is 2.57. The number of ether oxygens (including phenoxy) is 1. The molecule has 2 fully saturated rings. The number of carbonyl (C=O) groups excluding carboxylic acids is 1. The third kappa shape index (κ3) is 2.56. The highest BCUT2D eigenvalue weighted by molar-refractivity contribution is 5.91. The maximum Gasteiger partial charge on any atom is 0.332 e. The van der Waals surface area contributed by atoms with Gasteiger partial charge >= 0.3 is 5.97 Å². The Bertz CT molecular complexity index is 678. The lowest BCUT2D eigenvalue weighted by molar-refractivity contribution is -0.194. The molecule has 0 N–H and O–H groups in total. The van der Waals surface area contributed by atoms with Crippen LogP contribution in [0, 0.1) is 11.8 Å². The summed E-state index contributed by atoms with van der Waals surface area (Å²) in [6.45, 7) is 8.51. The van der Waals surface area contributed by atoms with E-state index in [4.69, 9.17) is 4.74 Å². The van der Waals surface area contributed by atoms with Crippen molar-refractivity contribution in [2.75, 3.05) is 26.2 Å². The summed E-state index contributed by atoms with van der Waals surface area (Å²) in [4.78, 5) is 16.9. The second kappa shape index (κ2) is 6.63. The number of esters is 1. The van der Waals surface area contributed by atoms with Gasteiger partial charge in [-0.3, -0.25) is 9.80 Å². The van der Waals surface area contributed by atoms with Crippen molar-refractivity contribution in [2.24, 2.45) is 0 Å². The van der Waals surface area contributed by atoms with Crippen molar-refractivity contribution >= 4 is 5.97 Å². The summed E-state index contributed by atoms with van der Waals surface area (Å²) in [5.74, 6) is 6.54. The molecule has 3 atom stereocenters. The first-order valence-electron chi connectivity index (χ1n) is 9.85. The Morgan fingerprint density at radius 2 is 2.12 bits per heavy atom. The molecule has 3 heterocycles. The van der Waals surface area contributed by atoms with Crippen molar-refractivity contribution in [3.8, 4) is 11.8 Å². The van der Waals surface area contributed by atoms with E-state index in [1.54, 1.807) is 6.08 Å². The van der Waals surface area contributed by atoms with Gasteiger partial charge in [0.15, 0.2) is 5.60 Å². The van der Waals surface area contributed by atoms with Crippen molar-refractivity contribution in [1.29, 1.82) is 0 Å². The Morgan fingerprint density at radius 3 is 2.88 bits per heavy atom. The molecular weight excluding hydrogens is 312 g/mol. The van der Waals surface area contributed by atoms with Gasteiger partial charge in [0.05, 0.1) is 18.6 Å². The third-order valence-electron chi connectivity index (χ3n) is 6.01. The molecule has 3 aliphatic heterocycles. The van der Waals surface area contributed by atoms with Gasteiger partial charge < -0.3 is 4.74 Å². The Kier molecular flexibility index (Phi) is 4.47. The summed E-state index contributed by atoms with van der Waals surface area (Å²) in [7, 11) is 0. The summed E-state index contributed by atoms with van der Waals surface area (Å²) in [6.07, 6.45) is 9.84. The topological polar surface area (TPSA) is 32.8 Å². The molecule has 2 saturated heterocycles. The summed E-state index contributed by atoms with van der Waals surface area (Å²) >= 11 is 0. The average Bonchev–Trinajstić information content (AvgIpc) is 3.08. The minimum absolute atomic E-state index is 0.184. The monoisotopic (exact) mass is 340 g/mol. The lowest BCUT2D eigenvalue weighted by atomic mass is 9.70. The smallest absolute Gasteiger partial charge is 0.332 e. The predicted molar refractivity (Wildman–Crippen MR) is 97.9 cm³/mol. The SMILES string of the molecule is CCCN(CC#CC1=C[C@H]2N3CCCC[C@@H]3C23OC(=O)C=C13)CCC. The van der Waals surface area contributed by atoms with Crippen LogP contribution in [0.15, 0.2) is 23.3 Å². The molecule has 1 unspecified atom stereocenters. The molecule has 0 amide bonds. The van der Waals surface area contributed by atoms with Crippen LogP contribution in [0.2, 0.25) is 0 Å². The van der Waals surface area contributed by atoms with E-state index in [0.717, 1.165) is 56.6 Å². The number of fused-ring (bicyclic) bond motifs is 2. The second-order valence-electron chi connectivity index (χ2n) is 7.62. The van der Waals surface area contributed by atoms with Gasteiger partial charge in [0.2, 0.25) is 0 Å². The Morgan fingerprint density at radius 1 is 1.32 bits per heavy atom. The van der Waals surface area contributed by atoms with Crippen molar-refractivity contribution in [3.05, 3.63) is 23.3 Å². The van der Waals surface area contributed by atoms with Gasteiger partial charge in [-0.1, -0.05) is 32.1 Å². The van der Waals surface area contributed by atoms with Crippen LogP contribution in [0.25, 0.3) is 0 Å². The maximum absolute atomic E-state index is 12.0. The molecule has 4 rings (SSSR count). The number of carbonyl (C=O) groups is 1. The summed E-state index contributed by atoms with van der Waals surface area (Å²) in [5.41, 5.74) is 1.67. The van der Waals surface area contributed by atoms with E-state index in [0.29, 0.717) is 6.04 Å². The molecule has 0 bridgehead atoms. The van der Waals surface area contributed by atoms with Gasteiger partial charge in [0.25, 0.3) is 0 Å². The van der Waals surface area contributed by atoms with Gasteiger partial charge in [0.1, 0.15) is 0 Å². The zero-order valence-electron chi connectivity index (χ0n) is 15.4. The number of piperidine rings is 1. The zero-order chi connectivity index (χ0) is 17.4. The quantitative estimate of drug-likeness (QED) is 0.569. The fourth-order valence-corrected chi connectivity index (χ4v) is 5.07.